The van der Waals surface area contributed by atoms with Crippen LogP contribution in [0.5, 0.6) is 0 Å². The molecule has 0 saturated heterocycles. The monoisotopic (exact) mass is 220 g/mol. The lowest BCUT2D eigenvalue weighted by Gasteiger charge is -2.02. The standard InChI is InChI=1S/C11H9FN2O2/c12-8-3-6(11(15)16)4-9-10(8)14(5-13-9)7-1-2-7/h3-5,7H,1-2H2,(H,15,16). The third-order valence-electron chi connectivity index (χ3n) is 2.81. The van der Waals surface area contributed by atoms with E-state index in [1.54, 1.807) is 10.9 Å². The van der Waals surface area contributed by atoms with Crippen molar-refractivity contribution in [2.24, 2.45) is 0 Å². The summed E-state index contributed by atoms with van der Waals surface area (Å²) in [5, 5.41) is 8.80. The van der Waals surface area contributed by atoms with Gasteiger partial charge in [-0.25, -0.2) is 14.2 Å². The lowest BCUT2D eigenvalue weighted by atomic mass is 10.2. The molecule has 1 aromatic carbocycles. The zero-order chi connectivity index (χ0) is 11.3. The highest BCUT2D eigenvalue weighted by Crippen LogP contribution is 2.37. The molecule has 1 saturated carbocycles. The summed E-state index contributed by atoms with van der Waals surface area (Å²) in [6, 6.07) is 2.78. The van der Waals surface area contributed by atoms with E-state index in [0.717, 1.165) is 18.9 Å². The van der Waals surface area contributed by atoms with Gasteiger partial charge < -0.3 is 9.67 Å². The van der Waals surface area contributed by atoms with Gasteiger partial charge in [-0.3, -0.25) is 0 Å². The smallest absolute Gasteiger partial charge is 0.335 e. The van der Waals surface area contributed by atoms with E-state index in [0.29, 0.717) is 17.1 Å². The van der Waals surface area contributed by atoms with Crippen LogP contribution in [0.1, 0.15) is 29.2 Å². The second-order valence-electron chi connectivity index (χ2n) is 4.01. The van der Waals surface area contributed by atoms with Crippen molar-refractivity contribution >= 4 is 17.0 Å². The SMILES string of the molecule is O=C(O)c1cc(F)c2c(c1)ncn2C1CC1. The number of nitrogens with zero attached hydrogens (tertiary/aromatic N) is 2. The Kier molecular flexibility index (Phi) is 1.77. The van der Waals surface area contributed by atoms with E-state index in [9.17, 15) is 9.18 Å². The van der Waals surface area contributed by atoms with Gasteiger partial charge in [-0.2, -0.15) is 0 Å². The number of halogens is 1. The van der Waals surface area contributed by atoms with Crippen LogP contribution >= 0.6 is 0 Å². The first-order valence-electron chi connectivity index (χ1n) is 5.06. The Hall–Kier alpha value is -1.91. The third kappa shape index (κ3) is 1.28. The van der Waals surface area contributed by atoms with Gasteiger partial charge in [-0.05, 0) is 25.0 Å². The highest BCUT2D eigenvalue weighted by molar-refractivity contribution is 5.92. The zero-order valence-electron chi connectivity index (χ0n) is 8.35. The molecule has 0 aliphatic heterocycles. The first-order valence-corrected chi connectivity index (χ1v) is 5.06. The third-order valence-corrected chi connectivity index (χ3v) is 2.81. The fourth-order valence-corrected chi connectivity index (χ4v) is 1.87. The Bertz CT molecular complexity index is 587. The molecule has 1 heterocycles. The van der Waals surface area contributed by atoms with Crippen molar-refractivity contribution in [2.75, 3.05) is 0 Å². The molecule has 1 aliphatic carbocycles. The first kappa shape index (κ1) is 9.33. The van der Waals surface area contributed by atoms with E-state index in [1.165, 1.54) is 6.07 Å². The van der Waals surface area contributed by atoms with Crippen LogP contribution in [0.25, 0.3) is 11.0 Å². The van der Waals surface area contributed by atoms with Gasteiger partial charge in [0.1, 0.15) is 11.3 Å². The summed E-state index contributed by atoms with van der Waals surface area (Å²) < 4.78 is 15.6. The molecule has 1 fully saturated rings. The van der Waals surface area contributed by atoms with Crippen molar-refractivity contribution in [3.63, 3.8) is 0 Å². The van der Waals surface area contributed by atoms with Crippen LogP contribution in [0, 0.1) is 5.82 Å². The predicted molar refractivity (Wildman–Crippen MR) is 54.9 cm³/mol. The molecule has 4 nitrogen and oxygen atoms in total. The number of aromatic nitrogens is 2. The number of imidazole rings is 1. The number of carbonyl (C=O) groups is 1. The van der Waals surface area contributed by atoms with Gasteiger partial charge in [-0.15, -0.1) is 0 Å². The highest BCUT2D eigenvalue weighted by Gasteiger charge is 2.26. The average Bonchev–Trinajstić information content (AvgIpc) is 2.98. The number of benzene rings is 1. The van der Waals surface area contributed by atoms with E-state index in [2.05, 4.69) is 4.98 Å². The lowest BCUT2D eigenvalue weighted by molar-refractivity contribution is 0.0696. The Morgan fingerprint density at radius 1 is 1.50 bits per heavy atom. The van der Waals surface area contributed by atoms with E-state index >= 15 is 0 Å². The van der Waals surface area contributed by atoms with Gasteiger partial charge in [0.15, 0.2) is 0 Å². The quantitative estimate of drug-likeness (QED) is 0.844. The van der Waals surface area contributed by atoms with E-state index in [-0.39, 0.29) is 5.56 Å². The van der Waals surface area contributed by atoms with Crippen LogP contribution in [0.2, 0.25) is 0 Å². The second kappa shape index (κ2) is 3.04. The second-order valence-corrected chi connectivity index (χ2v) is 4.01. The fourth-order valence-electron chi connectivity index (χ4n) is 1.87. The van der Waals surface area contributed by atoms with Gasteiger partial charge in [-0.1, -0.05) is 0 Å². The van der Waals surface area contributed by atoms with Crippen LogP contribution in [0.15, 0.2) is 18.5 Å². The maximum absolute atomic E-state index is 13.8. The zero-order valence-corrected chi connectivity index (χ0v) is 8.35. The molecule has 0 radical (unpaired) electrons. The topological polar surface area (TPSA) is 55.1 Å². The molecular weight excluding hydrogens is 211 g/mol. The first-order chi connectivity index (χ1) is 7.66. The summed E-state index contributed by atoms with van der Waals surface area (Å²) in [7, 11) is 0. The van der Waals surface area contributed by atoms with E-state index in [1.807, 2.05) is 0 Å². The van der Waals surface area contributed by atoms with Crippen LogP contribution in [0.4, 0.5) is 4.39 Å². The van der Waals surface area contributed by atoms with Gasteiger partial charge in [0.2, 0.25) is 0 Å². The van der Waals surface area contributed by atoms with Crippen molar-refractivity contribution in [2.45, 2.75) is 18.9 Å². The van der Waals surface area contributed by atoms with Crippen LogP contribution in [-0.2, 0) is 0 Å². The molecule has 16 heavy (non-hydrogen) atoms. The summed E-state index contributed by atoms with van der Waals surface area (Å²) in [5.41, 5.74) is 0.753. The average molecular weight is 220 g/mol. The minimum Gasteiger partial charge on any atom is -0.478 e. The maximum atomic E-state index is 13.8. The van der Waals surface area contributed by atoms with Crippen molar-refractivity contribution in [3.8, 4) is 0 Å². The molecule has 1 aromatic heterocycles. The van der Waals surface area contributed by atoms with Crippen molar-refractivity contribution in [3.05, 3.63) is 29.8 Å². The normalized spacial score (nSPS) is 15.6. The molecule has 1 N–H and O–H groups in total. The maximum Gasteiger partial charge on any atom is 0.335 e. The summed E-state index contributed by atoms with van der Waals surface area (Å²) in [5.74, 6) is -1.65. The van der Waals surface area contributed by atoms with Gasteiger partial charge in [0.05, 0.1) is 17.4 Å². The number of hydrogen-bond donors (Lipinski definition) is 1. The molecule has 0 amide bonds. The van der Waals surface area contributed by atoms with Crippen molar-refractivity contribution in [1.29, 1.82) is 0 Å². The summed E-state index contributed by atoms with van der Waals surface area (Å²) in [6.45, 7) is 0. The number of carboxylic acids is 1. The number of hydrogen-bond acceptors (Lipinski definition) is 2. The van der Waals surface area contributed by atoms with Gasteiger partial charge in [0, 0.05) is 6.04 Å². The Morgan fingerprint density at radius 3 is 2.88 bits per heavy atom. The molecule has 2 aromatic rings. The Morgan fingerprint density at radius 2 is 2.25 bits per heavy atom. The van der Waals surface area contributed by atoms with Gasteiger partial charge in [0.25, 0.3) is 0 Å². The summed E-state index contributed by atoms with van der Waals surface area (Å²) in [4.78, 5) is 14.8. The number of fused-ring (bicyclic) bond motifs is 1. The van der Waals surface area contributed by atoms with Crippen molar-refractivity contribution in [1.82, 2.24) is 9.55 Å². The molecule has 0 atom stereocenters. The minimum atomic E-state index is -1.14. The molecule has 0 bridgehead atoms. The molecule has 5 heteroatoms. The molecule has 82 valence electrons. The van der Waals surface area contributed by atoms with Crippen LogP contribution in [0.3, 0.4) is 0 Å². The lowest BCUT2D eigenvalue weighted by Crippen LogP contribution is -1.99. The van der Waals surface area contributed by atoms with Crippen molar-refractivity contribution < 1.29 is 14.3 Å². The van der Waals surface area contributed by atoms with Gasteiger partial charge >= 0.3 is 5.97 Å². The van der Waals surface area contributed by atoms with E-state index < -0.39 is 11.8 Å². The fraction of sp³-hybridized carbons (Fsp3) is 0.273. The minimum absolute atomic E-state index is 0.0638. The molecule has 0 unspecified atom stereocenters. The molecular formula is C11H9FN2O2. The Balaban J connectivity index is 2.25. The number of rotatable bonds is 2. The number of carboxylic acid groups (broad SMARTS) is 1. The highest BCUT2D eigenvalue weighted by atomic mass is 19.1. The van der Waals surface area contributed by atoms with Crippen LogP contribution < -0.4 is 0 Å². The van der Waals surface area contributed by atoms with E-state index in [4.69, 9.17) is 5.11 Å². The summed E-state index contributed by atoms with van der Waals surface area (Å²) in [6.07, 6.45) is 3.65. The Labute approximate surface area is 90.3 Å². The number of aromatic carboxylic acids is 1. The van der Waals surface area contributed by atoms with Crippen LogP contribution in [-0.4, -0.2) is 20.6 Å². The molecule has 1 aliphatic rings. The molecule has 0 spiro atoms. The predicted octanol–water partition coefficient (Wildman–Crippen LogP) is 2.21. The molecule has 3 rings (SSSR count). The summed E-state index contributed by atoms with van der Waals surface area (Å²) >= 11 is 0. The largest absolute Gasteiger partial charge is 0.478 e.